The molecule has 1 N–H and O–H groups in total. The van der Waals surface area contributed by atoms with Crippen LogP contribution in [0.4, 0.5) is 20.2 Å². The molecular formula is C14H18F2N2O2S. The van der Waals surface area contributed by atoms with Crippen LogP contribution < -0.4 is 5.32 Å². The summed E-state index contributed by atoms with van der Waals surface area (Å²) >= 11 is 1.74. The zero-order chi connectivity index (χ0) is 15.4. The third-order valence-electron chi connectivity index (χ3n) is 3.83. The summed E-state index contributed by atoms with van der Waals surface area (Å²) < 4.78 is 26.3. The van der Waals surface area contributed by atoms with Crippen molar-refractivity contribution in [2.45, 2.75) is 43.4 Å². The van der Waals surface area contributed by atoms with E-state index < -0.39 is 11.3 Å². The molecule has 0 bridgehead atoms. The molecule has 2 rings (SSSR count). The summed E-state index contributed by atoms with van der Waals surface area (Å²) in [4.78, 5) is 10.1. The molecule has 0 amide bonds. The van der Waals surface area contributed by atoms with Gasteiger partial charge in [0.25, 0.3) is 12.1 Å². The van der Waals surface area contributed by atoms with Crippen LogP contribution in [0.3, 0.4) is 0 Å². The summed E-state index contributed by atoms with van der Waals surface area (Å²) in [7, 11) is 0. The minimum atomic E-state index is -2.73. The second-order valence-electron chi connectivity index (χ2n) is 5.14. The first-order chi connectivity index (χ1) is 10.0. The number of benzene rings is 1. The van der Waals surface area contributed by atoms with Gasteiger partial charge < -0.3 is 5.32 Å². The Morgan fingerprint density at radius 3 is 2.71 bits per heavy atom. The summed E-state index contributed by atoms with van der Waals surface area (Å²) in [6.07, 6.45) is 3.52. The van der Waals surface area contributed by atoms with Gasteiger partial charge in [0.15, 0.2) is 0 Å². The number of nitrogens with one attached hydrogen (secondary N) is 1. The van der Waals surface area contributed by atoms with Gasteiger partial charge in [-0.15, -0.1) is 0 Å². The lowest BCUT2D eigenvalue weighted by atomic mass is 9.94. The lowest BCUT2D eigenvalue weighted by Crippen LogP contribution is -2.34. The molecule has 2 atom stereocenters. The van der Waals surface area contributed by atoms with Crippen molar-refractivity contribution in [2.24, 2.45) is 0 Å². The van der Waals surface area contributed by atoms with E-state index in [9.17, 15) is 18.9 Å². The maximum atomic E-state index is 13.1. The smallest absolute Gasteiger partial charge is 0.270 e. The summed E-state index contributed by atoms with van der Waals surface area (Å²) in [6, 6.07) is 3.76. The number of nitro benzene ring substituents is 1. The zero-order valence-corrected chi connectivity index (χ0v) is 12.5. The normalized spacial score (nSPS) is 22.3. The third kappa shape index (κ3) is 3.84. The highest BCUT2D eigenvalue weighted by Gasteiger charge is 2.26. The van der Waals surface area contributed by atoms with Gasteiger partial charge in [-0.3, -0.25) is 10.1 Å². The molecule has 0 aromatic heterocycles. The number of nitro groups is 1. The van der Waals surface area contributed by atoms with Crippen molar-refractivity contribution in [3.05, 3.63) is 33.9 Å². The number of alkyl halides is 2. The Hall–Kier alpha value is -1.37. The standard InChI is InChI=1S/C14H18F2N2O2S/c1-21-13-5-3-2-4-12(13)17-11-7-6-9(18(19)20)8-10(11)14(15)16/h6-8,12-14,17H,2-5H2,1H3. The molecular weight excluding hydrogens is 298 g/mol. The van der Waals surface area contributed by atoms with Crippen molar-refractivity contribution in [3.8, 4) is 0 Å². The minimum Gasteiger partial charge on any atom is -0.381 e. The number of hydrogen-bond acceptors (Lipinski definition) is 4. The number of non-ortho nitro benzene ring substituents is 1. The highest BCUT2D eigenvalue weighted by atomic mass is 32.2. The largest absolute Gasteiger partial charge is 0.381 e. The van der Waals surface area contributed by atoms with Crippen molar-refractivity contribution in [2.75, 3.05) is 11.6 Å². The van der Waals surface area contributed by atoms with E-state index in [-0.39, 0.29) is 17.3 Å². The number of rotatable bonds is 5. The van der Waals surface area contributed by atoms with E-state index >= 15 is 0 Å². The van der Waals surface area contributed by atoms with Gasteiger partial charge in [-0.05, 0) is 25.2 Å². The van der Waals surface area contributed by atoms with E-state index in [0.29, 0.717) is 10.9 Å². The van der Waals surface area contributed by atoms with Crippen LogP contribution in [0.2, 0.25) is 0 Å². The van der Waals surface area contributed by atoms with Crippen molar-refractivity contribution in [3.63, 3.8) is 0 Å². The van der Waals surface area contributed by atoms with Gasteiger partial charge in [-0.25, -0.2) is 8.78 Å². The van der Waals surface area contributed by atoms with Crippen molar-refractivity contribution in [1.29, 1.82) is 0 Å². The molecule has 21 heavy (non-hydrogen) atoms. The quantitative estimate of drug-likeness (QED) is 0.636. The molecule has 4 nitrogen and oxygen atoms in total. The van der Waals surface area contributed by atoms with Crippen LogP contribution >= 0.6 is 11.8 Å². The van der Waals surface area contributed by atoms with Crippen molar-refractivity contribution >= 4 is 23.1 Å². The number of halogens is 2. The van der Waals surface area contributed by atoms with Crippen LogP contribution in [0.25, 0.3) is 0 Å². The second-order valence-corrected chi connectivity index (χ2v) is 6.22. The molecule has 0 aliphatic heterocycles. The first-order valence-electron chi connectivity index (χ1n) is 6.88. The highest BCUT2D eigenvalue weighted by Crippen LogP contribution is 2.34. The van der Waals surface area contributed by atoms with Gasteiger partial charge in [0, 0.05) is 34.7 Å². The monoisotopic (exact) mass is 316 g/mol. The van der Waals surface area contributed by atoms with E-state index in [1.54, 1.807) is 11.8 Å². The van der Waals surface area contributed by atoms with Crippen molar-refractivity contribution < 1.29 is 13.7 Å². The SMILES string of the molecule is CSC1CCCCC1Nc1ccc([N+](=O)[O-])cc1C(F)F. The van der Waals surface area contributed by atoms with E-state index in [4.69, 9.17) is 0 Å². The molecule has 0 radical (unpaired) electrons. The van der Waals surface area contributed by atoms with E-state index in [0.717, 1.165) is 31.7 Å². The van der Waals surface area contributed by atoms with E-state index in [2.05, 4.69) is 5.32 Å². The first-order valence-corrected chi connectivity index (χ1v) is 8.17. The Balaban J connectivity index is 2.24. The van der Waals surface area contributed by atoms with Crippen LogP contribution in [-0.2, 0) is 0 Å². The number of nitrogens with zero attached hydrogens (tertiary/aromatic N) is 1. The van der Waals surface area contributed by atoms with Crippen LogP contribution in [0, 0.1) is 10.1 Å². The molecule has 116 valence electrons. The molecule has 2 unspecified atom stereocenters. The Morgan fingerprint density at radius 1 is 1.38 bits per heavy atom. The van der Waals surface area contributed by atoms with Gasteiger partial charge in [0.05, 0.1) is 4.92 Å². The Bertz CT molecular complexity index is 514. The molecule has 0 saturated heterocycles. The average molecular weight is 316 g/mol. The van der Waals surface area contributed by atoms with Gasteiger partial charge >= 0.3 is 0 Å². The first kappa shape index (κ1) is 16.0. The topological polar surface area (TPSA) is 55.2 Å². The third-order valence-corrected chi connectivity index (χ3v) is 5.00. The molecule has 1 fully saturated rings. The van der Waals surface area contributed by atoms with Gasteiger partial charge in [0.1, 0.15) is 0 Å². The average Bonchev–Trinajstić information content (AvgIpc) is 2.47. The summed E-state index contributed by atoms with van der Waals surface area (Å²) in [5.74, 6) is 0. The number of hydrogen-bond donors (Lipinski definition) is 1. The van der Waals surface area contributed by atoms with Crippen LogP contribution in [0.5, 0.6) is 0 Å². The maximum Gasteiger partial charge on any atom is 0.270 e. The van der Waals surface area contributed by atoms with Crippen LogP contribution in [0.15, 0.2) is 18.2 Å². The molecule has 1 aliphatic rings. The number of anilines is 1. The van der Waals surface area contributed by atoms with Gasteiger partial charge in [0.2, 0.25) is 0 Å². The van der Waals surface area contributed by atoms with Gasteiger partial charge in [-0.1, -0.05) is 12.8 Å². The molecule has 1 aromatic rings. The lowest BCUT2D eigenvalue weighted by molar-refractivity contribution is -0.385. The molecule has 1 saturated carbocycles. The molecule has 0 spiro atoms. The fraction of sp³-hybridized carbons (Fsp3) is 0.571. The van der Waals surface area contributed by atoms with Gasteiger partial charge in [-0.2, -0.15) is 11.8 Å². The minimum absolute atomic E-state index is 0.132. The molecule has 0 heterocycles. The summed E-state index contributed by atoms with van der Waals surface area (Å²) in [5.41, 5.74) is -0.294. The van der Waals surface area contributed by atoms with E-state index in [1.165, 1.54) is 12.1 Å². The Kier molecular flexibility index (Phi) is 5.39. The Morgan fingerprint density at radius 2 is 2.10 bits per heavy atom. The molecule has 1 aromatic carbocycles. The Labute approximate surface area is 126 Å². The second kappa shape index (κ2) is 7.06. The zero-order valence-electron chi connectivity index (χ0n) is 11.7. The van der Waals surface area contributed by atoms with Crippen LogP contribution in [-0.4, -0.2) is 22.5 Å². The summed E-state index contributed by atoms with van der Waals surface area (Å²) in [5, 5.41) is 14.3. The molecule has 7 heteroatoms. The fourth-order valence-electron chi connectivity index (χ4n) is 2.72. The highest BCUT2D eigenvalue weighted by molar-refractivity contribution is 7.99. The lowest BCUT2D eigenvalue weighted by Gasteiger charge is -2.32. The van der Waals surface area contributed by atoms with E-state index in [1.807, 2.05) is 6.26 Å². The fourth-order valence-corrected chi connectivity index (χ4v) is 3.65. The number of thioether (sulfide) groups is 1. The predicted molar refractivity (Wildman–Crippen MR) is 81.2 cm³/mol. The summed E-state index contributed by atoms with van der Waals surface area (Å²) in [6.45, 7) is 0. The molecule has 1 aliphatic carbocycles. The predicted octanol–water partition coefficient (Wildman–Crippen LogP) is 4.62. The van der Waals surface area contributed by atoms with Crippen molar-refractivity contribution in [1.82, 2.24) is 0 Å². The van der Waals surface area contributed by atoms with Crippen LogP contribution in [0.1, 0.15) is 37.7 Å². The maximum absolute atomic E-state index is 13.1.